The van der Waals surface area contributed by atoms with Crippen LogP contribution in [-0.4, -0.2) is 24.0 Å². The molecule has 0 aliphatic heterocycles. The van der Waals surface area contributed by atoms with Crippen molar-refractivity contribution in [3.05, 3.63) is 29.5 Å². The van der Waals surface area contributed by atoms with E-state index in [9.17, 15) is 0 Å². The largest absolute Gasteiger partial charge is 0.496 e. The SMILES string of the molecule is COc1ccc(-c2nonc2CCN)cc1C. The van der Waals surface area contributed by atoms with E-state index in [1.54, 1.807) is 7.11 Å². The number of aryl methyl sites for hydroxylation is 1. The molecule has 17 heavy (non-hydrogen) atoms. The summed E-state index contributed by atoms with van der Waals surface area (Å²) >= 11 is 0. The topological polar surface area (TPSA) is 74.2 Å². The Kier molecular flexibility index (Phi) is 3.39. The van der Waals surface area contributed by atoms with Gasteiger partial charge in [-0.05, 0) is 42.4 Å². The molecule has 0 fully saturated rings. The fourth-order valence-electron chi connectivity index (χ4n) is 1.75. The van der Waals surface area contributed by atoms with Crippen LogP contribution in [0.15, 0.2) is 22.8 Å². The third-order valence-electron chi connectivity index (χ3n) is 2.61. The maximum atomic E-state index is 5.51. The smallest absolute Gasteiger partial charge is 0.138 e. The van der Waals surface area contributed by atoms with Crippen molar-refractivity contribution < 1.29 is 9.37 Å². The number of methoxy groups -OCH3 is 1. The number of aromatic nitrogens is 2. The highest BCUT2D eigenvalue weighted by atomic mass is 16.6. The highest BCUT2D eigenvalue weighted by Crippen LogP contribution is 2.26. The van der Waals surface area contributed by atoms with Crippen molar-refractivity contribution in [2.45, 2.75) is 13.3 Å². The summed E-state index contributed by atoms with van der Waals surface area (Å²) in [5, 5.41) is 7.78. The molecule has 2 aromatic rings. The summed E-state index contributed by atoms with van der Waals surface area (Å²) in [6.07, 6.45) is 0.657. The maximum absolute atomic E-state index is 5.51. The summed E-state index contributed by atoms with van der Waals surface area (Å²) in [5.41, 5.74) is 9.07. The summed E-state index contributed by atoms with van der Waals surface area (Å²) in [5.74, 6) is 0.852. The van der Waals surface area contributed by atoms with Crippen molar-refractivity contribution in [1.29, 1.82) is 0 Å². The Balaban J connectivity index is 2.39. The molecule has 0 unspecified atom stereocenters. The van der Waals surface area contributed by atoms with Crippen LogP contribution < -0.4 is 10.5 Å². The van der Waals surface area contributed by atoms with E-state index in [1.807, 2.05) is 25.1 Å². The summed E-state index contributed by atoms with van der Waals surface area (Å²) < 4.78 is 9.98. The van der Waals surface area contributed by atoms with Gasteiger partial charge in [-0.2, -0.15) is 0 Å². The minimum atomic E-state index is 0.524. The molecule has 2 N–H and O–H groups in total. The molecule has 0 saturated heterocycles. The molecule has 0 aliphatic rings. The Morgan fingerprint density at radius 3 is 2.82 bits per heavy atom. The van der Waals surface area contributed by atoms with E-state index in [0.717, 1.165) is 28.3 Å². The lowest BCUT2D eigenvalue weighted by Gasteiger charge is -2.05. The predicted octanol–water partition coefficient (Wildman–Crippen LogP) is 1.55. The van der Waals surface area contributed by atoms with E-state index in [0.29, 0.717) is 13.0 Å². The van der Waals surface area contributed by atoms with E-state index in [2.05, 4.69) is 10.3 Å². The summed E-state index contributed by atoms with van der Waals surface area (Å²) in [4.78, 5) is 0. The fraction of sp³-hybridized carbons (Fsp3) is 0.333. The van der Waals surface area contributed by atoms with Crippen molar-refractivity contribution in [2.75, 3.05) is 13.7 Å². The second kappa shape index (κ2) is 4.97. The molecule has 0 bridgehead atoms. The van der Waals surface area contributed by atoms with Gasteiger partial charge >= 0.3 is 0 Å². The van der Waals surface area contributed by atoms with Gasteiger partial charge in [-0.25, -0.2) is 4.63 Å². The van der Waals surface area contributed by atoms with Crippen molar-refractivity contribution in [2.24, 2.45) is 5.73 Å². The maximum Gasteiger partial charge on any atom is 0.138 e. The molecule has 5 heteroatoms. The lowest BCUT2D eigenvalue weighted by molar-refractivity contribution is 0.304. The third-order valence-corrected chi connectivity index (χ3v) is 2.61. The van der Waals surface area contributed by atoms with Crippen molar-refractivity contribution in [3.8, 4) is 17.0 Å². The van der Waals surface area contributed by atoms with Gasteiger partial charge in [0, 0.05) is 12.0 Å². The second-order valence-corrected chi connectivity index (χ2v) is 3.78. The van der Waals surface area contributed by atoms with Gasteiger partial charge in [0.1, 0.15) is 17.1 Å². The molecule has 0 spiro atoms. The number of nitrogens with two attached hydrogens (primary N) is 1. The molecule has 1 aromatic heterocycles. The normalized spacial score (nSPS) is 10.5. The van der Waals surface area contributed by atoms with Crippen LogP contribution in [0.1, 0.15) is 11.3 Å². The van der Waals surface area contributed by atoms with E-state index in [1.165, 1.54) is 0 Å². The Bertz CT molecular complexity index is 508. The first-order valence-electron chi connectivity index (χ1n) is 5.42. The van der Waals surface area contributed by atoms with E-state index >= 15 is 0 Å². The minimum absolute atomic E-state index is 0.524. The van der Waals surface area contributed by atoms with Crippen molar-refractivity contribution in [1.82, 2.24) is 10.3 Å². The number of nitrogens with zero attached hydrogens (tertiary/aromatic N) is 2. The molecule has 5 nitrogen and oxygen atoms in total. The number of ether oxygens (including phenoxy) is 1. The van der Waals surface area contributed by atoms with E-state index in [4.69, 9.17) is 15.1 Å². The first-order valence-corrected chi connectivity index (χ1v) is 5.42. The van der Waals surface area contributed by atoms with Crippen LogP contribution in [0.5, 0.6) is 5.75 Å². The van der Waals surface area contributed by atoms with Gasteiger partial charge in [-0.3, -0.25) is 0 Å². The minimum Gasteiger partial charge on any atom is -0.496 e. The predicted molar refractivity (Wildman–Crippen MR) is 63.8 cm³/mol. The van der Waals surface area contributed by atoms with Crippen molar-refractivity contribution in [3.63, 3.8) is 0 Å². The van der Waals surface area contributed by atoms with Gasteiger partial charge < -0.3 is 10.5 Å². The first-order chi connectivity index (χ1) is 8.26. The lowest BCUT2D eigenvalue weighted by Crippen LogP contribution is -2.04. The monoisotopic (exact) mass is 233 g/mol. The van der Waals surface area contributed by atoms with Gasteiger partial charge in [-0.1, -0.05) is 5.16 Å². The number of hydrogen-bond acceptors (Lipinski definition) is 5. The Morgan fingerprint density at radius 2 is 2.18 bits per heavy atom. The highest BCUT2D eigenvalue weighted by Gasteiger charge is 2.12. The Morgan fingerprint density at radius 1 is 1.35 bits per heavy atom. The average Bonchev–Trinajstić information content (AvgIpc) is 2.78. The first kappa shape index (κ1) is 11.6. The molecule has 90 valence electrons. The standard InChI is InChI=1S/C12H15N3O2/c1-8-7-9(3-4-11(8)16-2)12-10(5-6-13)14-17-15-12/h3-4,7H,5-6,13H2,1-2H3. The van der Waals surface area contributed by atoms with Crippen molar-refractivity contribution >= 4 is 0 Å². The number of benzene rings is 1. The number of rotatable bonds is 4. The van der Waals surface area contributed by atoms with Crippen LogP contribution in [-0.2, 0) is 6.42 Å². The Hall–Kier alpha value is -1.88. The molecule has 0 radical (unpaired) electrons. The molecule has 0 amide bonds. The highest BCUT2D eigenvalue weighted by molar-refractivity contribution is 5.63. The molecular formula is C12H15N3O2. The Labute approximate surface area is 99.5 Å². The lowest BCUT2D eigenvalue weighted by atomic mass is 10.1. The van der Waals surface area contributed by atoms with E-state index in [-0.39, 0.29) is 0 Å². The fourth-order valence-corrected chi connectivity index (χ4v) is 1.75. The molecule has 1 heterocycles. The van der Waals surface area contributed by atoms with Gasteiger partial charge in [0.05, 0.1) is 7.11 Å². The van der Waals surface area contributed by atoms with Gasteiger partial charge in [0.2, 0.25) is 0 Å². The summed E-state index contributed by atoms with van der Waals surface area (Å²) in [6, 6.07) is 5.84. The van der Waals surface area contributed by atoms with Gasteiger partial charge in [-0.15, -0.1) is 0 Å². The van der Waals surface area contributed by atoms with Gasteiger partial charge in [0.25, 0.3) is 0 Å². The van der Waals surface area contributed by atoms with Crippen LogP contribution in [0.25, 0.3) is 11.3 Å². The molecule has 1 aromatic carbocycles. The third kappa shape index (κ3) is 2.29. The summed E-state index contributed by atoms with van der Waals surface area (Å²) in [6.45, 7) is 2.51. The van der Waals surface area contributed by atoms with Crippen LogP contribution in [0.2, 0.25) is 0 Å². The van der Waals surface area contributed by atoms with Crippen LogP contribution in [0, 0.1) is 6.92 Å². The zero-order valence-electron chi connectivity index (χ0n) is 9.93. The van der Waals surface area contributed by atoms with Crippen LogP contribution >= 0.6 is 0 Å². The van der Waals surface area contributed by atoms with Crippen LogP contribution in [0.3, 0.4) is 0 Å². The van der Waals surface area contributed by atoms with Gasteiger partial charge in [0.15, 0.2) is 0 Å². The molecule has 0 aliphatic carbocycles. The van der Waals surface area contributed by atoms with E-state index < -0.39 is 0 Å². The second-order valence-electron chi connectivity index (χ2n) is 3.78. The molecule has 2 rings (SSSR count). The molecule has 0 saturated carbocycles. The zero-order valence-corrected chi connectivity index (χ0v) is 9.93. The zero-order chi connectivity index (χ0) is 12.3. The van der Waals surface area contributed by atoms with Crippen LogP contribution in [0.4, 0.5) is 0 Å². The number of hydrogen-bond donors (Lipinski definition) is 1. The summed E-state index contributed by atoms with van der Waals surface area (Å²) in [7, 11) is 1.65. The quantitative estimate of drug-likeness (QED) is 0.867. The molecule has 0 atom stereocenters. The average molecular weight is 233 g/mol. The molecular weight excluding hydrogens is 218 g/mol.